The predicted octanol–water partition coefficient (Wildman–Crippen LogP) is 2.93. The number of halogens is 3. The van der Waals surface area contributed by atoms with Gasteiger partial charge >= 0.3 is 6.18 Å². The van der Waals surface area contributed by atoms with E-state index < -0.39 is 17.3 Å². The first kappa shape index (κ1) is 12.8. The smallest absolute Gasteiger partial charge is 0.309 e. The van der Waals surface area contributed by atoms with E-state index in [1.165, 1.54) is 6.92 Å². The molecule has 0 radical (unpaired) electrons. The highest BCUT2D eigenvalue weighted by Crippen LogP contribution is 2.29. The highest BCUT2D eigenvalue weighted by molar-refractivity contribution is 5.21. The van der Waals surface area contributed by atoms with Gasteiger partial charge in [-0.05, 0) is 33.8 Å². The molecule has 0 N–H and O–H groups in total. The largest absolute Gasteiger partial charge is 0.417 e. The molecule has 1 aromatic heterocycles. The number of aryl methyl sites for hydroxylation is 1. The summed E-state index contributed by atoms with van der Waals surface area (Å²) in [5.74, 6) is 0. The standard InChI is InChI=1S/C11H14F3NO/c1-7-5-8(11(12,13)14)6-15(9(7)16)10(2,3)4/h5-6H,1-4H3. The maximum absolute atomic E-state index is 12.6. The van der Waals surface area contributed by atoms with E-state index in [0.29, 0.717) is 0 Å². The molecule has 0 amide bonds. The van der Waals surface area contributed by atoms with E-state index in [9.17, 15) is 18.0 Å². The highest BCUT2D eigenvalue weighted by atomic mass is 19.4. The molecule has 0 aliphatic rings. The van der Waals surface area contributed by atoms with E-state index in [2.05, 4.69) is 0 Å². The van der Waals surface area contributed by atoms with Crippen molar-refractivity contribution in [1.82, 2.24) is 4.57 Å². The fourth-order valence-corrected chi connectivity index (χ4v) is 1.37. The first-order chi connectivity index (χ1) is 7.03. The summed E-state index contributed by atoms with van der Waals surface area (Å²) in [7, 11) is 0. The Hall–Kier alpha value is -1.26. The average molecular weight is 233 g/mol. The molecule has 0 aliphatic carbocycles. The third-order valence-electron chi connectivity index (χ3n) is 2.25. The summed E-state index contributed by atoms with van der Waals surface area (Å²) < 4.78 is 38.8. The zero-order valence-electron chi connectivity index (χ0n) is 9.64. The van der Waals surface area contributed by atoms with Gasteiger partial charge in [-0.1, -0.05) is 0 Å². The Morgan fingerprint density at radius 1 is 1.19 bits per heavy atom. The van der Waals surface area contributed by atoms with Crippen molar-refractivity contribution in [3.63, 3.8) is 0 Å². The fourth-order valence-electron chi connectivity index (χ4n) is 1.37. The Morgan fingerprint density at radius 2 is 1.69 bits per heavy atom. The van der Waals surface area contributed by atoms with Gasteiger partial charge in [0.2, 0.25) is 0 Å². The summed E-state index contributed by atoms with van der Waals surface area (Å²) in [6, 6.07) is 0.880. The summed E-state index contributed by atoms with van der Waals surface area (Å²) in [6.45, 7) is 6.45. The summed E-state index contributed by atoms with van der Waals surface area (Å²) in [5, 5.41) is 0. The first-order valence-electron chi connectivity index (χ1n) is 4.84. The van der Waals surface area contributed by atoms with E-state index >= 15 is 0 Å². The number of nitrogens with zero attached hydrogens (tertiary/aromatic N) is 1. The summed E-state index contributed by atoms with van der Waals surface area (Å²) >= 11 is 0. The van der Waals surface area contributed by atoms with Gasteiger partial charge in [-0.25, -0.2) is 0 Å². The van der Waals surface area contributed by atoms with Crippen LogP contribution in [0.3, 0.4) is 0 Å². The highest BCUT2D eigenvalue weighted by Gasteiger charge is 2.32. The predicted molar refractivity (Wildman–Crippen MR) is 55.4 cm³/mol. The second-order valence-corrected chi connectivity index (χ2v) is 4.76. The van der Waals surface area contributed by atoms with E-state index in [-0.39, 0.29) is 11.1 Å². The molecule has 0 aromatic carbocycles. The first-order valence-corrected chi connectivity index (χ1v) is 4.84. The molecule has 0 saturated heterocycles. The Labute approximate surface area is 91.7 Å². The van der Waals surface area contributed by atoms with Crippen molar-refractivity contribution in [1.29, 1.82) is 0 Å². The molecule has 0 bridgehead atoms. The van der Waals surface area contributed by atoms with Crippen molar-refractivity contribution in [2.45, 2.75) is 39.4 Å². The quantitative estimate of drug-likeness (QED) is 0.675. The summed E-state index contributed by atoms with van der Waals surface area (Å²) in [4.78, 5) is 11.7. The van der Waals surface area contributed by atoms with Crippen LogP contribution in [0, 0.1) is 6.92 Å². The van der Waals surface area contributed by atoms with E-state index in [1.807, 2.05) is 0 Å². The van der Waals surface area contributed by atoms with E-state index in [4.69, 9.17) is 0 Å². The van der Waals surface area contributed by atoms with Crippen molar-refractivity contribution in [3.8, 4) is 0 Å². The molecule has 1 heterocycles. The summed E-state index contributed by atoms with van der Waals surface area (Å²) in [5.41, 5.74) is -1.74. The number of hydrogen-bond acceptors (Lipinski definition) is 1. The van der Waals surface area contributed by atoms with Crippen LogP contribution in [0.4, 0.5) is 13.2 Å². The third-order valence-corrected chi connectivity index (χ3v) is 2.25. The lowest BCUT2D eigenvalue weighted by molar-refractivity contribution is -0.138. The second-order valence-electron chi connectivity index (χ2n) is 4.76. The zero-order chi connectivity index (χ0) is 12.7. The lowest BCUT2D eigenvalue weighted by Crippen LogP contribution is -2.35. The van der Waals surface area contributed by atoms with Gasteiger partial charge in [0.25, 0.3) is 5.56 Å². The molecule has 0 atom stereocenters. The Morgan fingerprint density at radius 3 is 2.06 bits per heavy atom. The molecular weight excluding hydrogens is 219 g/mol. The van der Waals surface area contributed by atoms with Gasteiger partial charge in [0.05, 0.1) is 5.56 Å². The molecule has 0 aliphatic heterocycles. The van der Waals surface area contributed by atoms with Crippen LogP contribution >= 0.6 is 0 Å². The molecule has 0 unspecified atom stereocenters. The molecule has 0 saturated carbocycles. The fraction of sp³-hybridized carbons (Fsp3) is 0.545. The van der Waals surface area contributed by atoms with Crippen LogP contribution in [-0.4, -0.2) is 4.57 Å². The van der Waals surface area contributed by atoms with Crippen molar-refractivity contribution in [3.05, 3.63) is 33.7 Å². The molecule has 0 fully saturated rings. The topological polar surface area (TPSA) is 22.0 Å². The molecule has 2 nitrogen and oxygen atoms in total. The minimum absolute atomic E-state index is 0.102. The van der Waals surface area contributed by atoms with Crippen LogP contribution < -0.4 is 5.56 Å². The molecule has 0 spiro atoms. The van der Waals surface area contributed by atoms with Crippen LogP contribution in [0.5, 0.6) is 0 Å². The number of hydrogen-bond donors (Lipinski definition) is 0. The number of alkyl halides is 3. The maximum Gasteiger partial charge on any atom is 0.417 e. The molecule has 1 aromatic rings. The van der Waals surface area contributed by atoms with Gasteiger partial charge in [0.1, 0.15) is 0 Å². The van der Waals surface area contributed by atoms with Crippen molar-refractivity contribution in [2.24, 2.45) is 0 Å². The Balaban J connectivity index is 3.53. The second kappa shape index (κ2) is 3.64. The number of pyridine rings is 1. The van der Waals surface area contributed by atoms with Gasteiger partial charge in [-0.2, -0.15) is 13.2 Å². The normalized spacial score (nSPS) is 12.9. The van der Waals surface area contributed by atoms with E-state index in [1.54, 1.807) is 20.8 Å². The summed E-state index contributed by atoms with van der Waals surface area (Å²) in [6.07, 6.45) is -3.55. The third kappa shape index (κ3) is 2.46. The van der Waals surface area contributed by atoms with Crippen LogP contribution in [0.2, 0.25) is 0 Å². The molecule has 16 heavy (non-hydrogen) atoms. The minimum Gasteiger partial charge on any atom is -0.309 e. The molecule has 90 valence electrons. The number of rotatable bonds is 0. The van der Waals surface area contributed by atoms with Crippen molar-refractivity contribution < 1.29 is 13.2 Å². The van der Waals surface area contributed by atoms with Gasteiger partial charge < -0.3 is 4.57 Å². The van der Waals surface area contributed by atoms with Crippen molar-refractivity contribution >= 4 is 0 Å². The monoisotopic (exact) mass is 233 g/mol. The molecule has 1 rings (SSSR count). The van der Waals surface area contributed by atoms with Crippen LogP contribution in [0.25, 0.3) is 0 Å². The van der Waals surface area contributed by atoms with E-state index in [0.717, 1.165) is 16.8 Å². The van der Waals surface area contributed by atoms with Gasteiger partial charge in [-0.3, -0.25) is 4.79 Å². The van der Waals surface area contributed by atoms with Crippen LogP contribution in [-0.2, 0) is 11.7 Å². The van der Waals surface area contributed by atoms with Gasteiger partial charge in [-0.15, -0.1) is 0 Å². The van der Waals surface area contributed by atoms with Gasteiger partial charge in [0, 0.05) is 17.3 Å². The average Bonchev–Trinajstić information content (AvgIpc) is 2.05. The van der Waals surface area contributed by atoms with Crippen LogP contribution in [0.1, 0.15) is 31.9 Å². The molecule has 5 heteroatoms. The Kier molecular flexibility index (Phi) is 2.92. The van der Waals surface area contributed by atoms with Crippen LogP contribution in [0.15, 0.2) is 17.1 Å². The Bertz CT molecular complexity index is 452. The SMILES string of the molecule is Cc1cc(C(F)(F)F)cn(C(C)(C)C)c1=O. The number of aromatic nitrogens is 1. The maximum atomic E-state index is 12.6. The minimum atomic E-state index is -4.43. The van der Waals surface area contributed by atoms with Gasteiger partial charge in [0.15, 0.2) is 0 Å². The zero-order valence-corrected chi connectivity index (χ0v) is 9.64. The van der Waals surface area contributed by atoms with Crippen molar-refractivity contribution in [2.75, 3.05) is 0 Å². The molecular formula is C11H14F3NO. The lowest BCUT2D eigenvalue weighted by atomic mass is 10.1. The lowest BCUT2D eigenvalue weighted by Gasteiger charge is -2.24.